The Hall–Kier alpha value is -1.65. The van der Waals surface area contributed by atoms with Crippen molar-refractivity contribution in [2.45, 2.75) is 13.8 Å². The van der Waals surface area contributed by atoms with Gasteiger partial charge in [-0.2, -0.15) is 5.10 Å². The molecule has 5 nitrogen and oxygen atoms in total. The Labute approximate surface area is 88.5 Å². The molecule has 0 fully saturated rings. The fourth-order valence-electron chi connectivity index (χ4n) is 1.06. The van der Waals surface area contributed by atoms with Gasteiger partial charge in [0.1, 0.15) is 5.69 Å². The smallest absolute Gasteiger partial charge is 0.269 e. The Morgan fingerprint density at radius 3 is 2.67 bits per heavy atom. The van der Waals surface area contributed by atoms with Crippen LogP contribution in [0.3, 0.4) is 0 Å². The number of nitrogens with zero attached hydrogens (tertiary/aromatic N) is 2. The quantitative estimate of drug-likeness (QED) is 0.779. The highest BCUT2D eigenvalue weighted by Gasteiger charge is 2.12. The van der Waals surface area contributed by atoms with Crippen LogP contribution in [0.5, 0.6) is 0 Å². The molecule has 0 unspecified atom stereocenters. The van der Waals surface area contributed by atoms with Crippen molar-refractivity contribution < 1.29 is 9.59 Å². The van der Waals surface area contributed by atoms with E-state index in [9.17, 15) is 9.59 Å². The van der Waals surface area contributed by atoms with Crippen LogP contribution in [-0.4, -0.2) is 28.0 Å². The van der Waals surface area contributed by atoms with E-state index in [1.54, 1.807) is 33.2 Å². The SMILES string of the molecule is CC(C)C(=O)CNC(=O)c1ccnn1C. The molecule has 15 heavy (non-hydrogen) atoms. The lowest BCUT2D eigenvalue weighted by atomic mass is 10.1. The average molecular weight is 209 g/mol. The van der Waals surface area contributed by atoms with Crippen LogP contribution in [0.2, 0.25) is 0 Å². The van der Waals surface area contributed by atoms with E-state index in [1.165, 1.54) is 4.68 Å². The minimum Gasteiger partial charge on any atom is -0.344 e. The first-order chi connectivity index (χ1) is 7.02. The predicted molar refractivity (Wildman–Crippen MR) is 55.4 cm³/mol. The highest BCUT2D eigenvalue weighted by molar-refractivity contribution is 5.95. The molecule has 0 bridgehead atoms. The van der Waals surface area contributed by atoms with E-state index >= 15 is 0 Å². The second kappa shape index (κ2) is 4.72. The zero-order valence-corrected chi connectivity index (χ0v) is 9.15. The third-order valence-electron chi connectivity index (χ3n) is 2.12. The highest BCUT2D eigenvalue weighted by Crippen LogP contribution is 1.97. The van der Waals surface area contributed by atoms with Gasteiger partial charge in [-0.3, -0.25) is 14.3 Å². The van der Waals surface area contributed by atoms with E-state index < -0.39 is 0 Å². The minimum absolute atomic E-state index is 0.0190. The molecule has 0 saturated heterocycles. The summed E-state index contributed by atoms with van der Waals surface area (Å²) >= 11 is 0. The normalized spacial score (nSPS) is 10.4. The van der Waals surface area contributed by atoms with E-state index in [0.29, 0.717) is 5.69 Å². The fraction of sp³-hybridized carbons (Fsp3) is 0.500. The number of ketones is 1. The van der Waals surface area contributed by atoms with Crippen molar-refractivity contribution in [2.75, 3.05) is 6.54 Å². The first-order valence-corrected chi connectivity index (χ1v) is 4.81. The van der Waals surface area contributed by atoms with Gasteiger partial charge in [0, 0.05) is 19.2 Å². The molecule has 1 rings (SSSR count). The van der Waals surface area contributed by atoms with E-state index in [2.05, 4.69) is 10.4 Å². The number of amides is 1. The second-order valence-corrected chi connectivity index (χ2v) is 3.64. The van der Waals surface area contributed by atoms with E-state index in [-0.39, 0.29) is 24.2 Å². The Balaban J connectivity index is 2.51. The van der Waals surface area contributed by atoms with Crippen molar-refractivity contribution in [1.29, 1.82) is 0 Å². The monoisotopic (exact) mass is 209 g/mol. The average Bonchev–Trinajstić information content (AvgIpc) is 2.60. The third-order valence-corrected chi connectivity index (χ3v) is 2.12. The third kappa shape index (κ3) is 2.90. The van der Waals surface area contributed by atoms with Crippen molar-refractivity contribution >= 4 is 11.7 Å². The van der Waals surface area contributed by atoms with Crippen molar-refractivity contribution in [3.8, 4) is 0 Å². The van der Waals surface area contributed by atoms with Crippen LogP contribution in [0.4, 0.5) is 0 Å². The maximum Gasteiger partial charge on any atom is 0.269 e. The van der Waals surface area contributed by atoms with Gasteiger partial charge >= 0.3 is 0 Å². The van der Waals surface area contributed by atoms with Crippen LogP contribution in [0.25, 0.3) is 0 Å². The lowest BCUT2D eigenvalue weighted by molar-refractivity contribution is -0.120. The van der Waals surface area contributed by atoms with Crippen molar-refractivity contribution in [3.05, 3.63) is 18.0 Å². The standard InChI is InChI=1S/C10H15N3O2/c1-7(2)9(14)6-11-10(15)8-4-5-12-13(8)3/h4-5,7H,6H2,1-3H3,(H,11,15). The summed E-state index contributed by atoms with van der Waals surface area (Å²) in [6, 6.07) is 1.61. The number of nitrogens with one attached hydrogen (secondary N) is 1. The molecule has 0 saturated carbocycles. The summed E-state index contributed by atoms with van der Waals surface area (Å²) in [5, 5.41) is 6.43. The van der Waals surface area contributed by atoms with E-state index in [1.807, 2.05) is 0 Å². The lowest BCUT2D eigenvalue weighted by Crippen LogP contribution is -2.32. The van der Waals surface area contributed by atoms with Crippen LogP contribution < -0.4 is 5.32 Å². The largest absolute Gasteiger partial charge is 0.344 e. The van der Waals surface area contributed by atoms with Crippen molar-refractivity contribution in [2.24, 2.45) is 13.0 Å². The number of carbonyl (C=O) groups is 2. The molecule has 0 aromatic carbocycles. The van der Waals surface area contributed by atoms with E-state index in [4.69, 9.17) is 0 Å². The molecular weight excluding hydrogens is 194 g/mol. The second-order valence-electron chi connectivity index (χ2n) is 3.64. The molecular formula is C10H15N3O2. The summed E-state index contributed by atoms with van der Waals surface area (Å²) in [4.78, 5) is 22.8. The first kappa shape index (κ1) is 11.4. The van der Waals surface area contributed by atoms with Gasteiger partial charge < -0.3 is 5.32 Å². The summed E-state index contributed by atoms with van der Waals surface area (Å²) in [5.74, 6) is -0.314. The number of hydrogen-bond donors (Lipinski definition) is 1. The molecule has 5 heteroatoms. The Bertz CT molecular complexity index is 368. The van der Waals surface area contributed by atoms with Gasteiger partial charge in [0.2, 0.25) is 0 Å². The number of aromatic nitrogens is 2. The summed E-state index contributed by atoms with van der Waals surface area (Å²) < 4.78 is 1.47. The fourth-order valence-corrected chi connectivity index (χ4v) is 1.06. The van der Waals surface area contributed by atoms with Gasteiger partial charge in [-0.25, -0.2) is 0 Å². The molecule has 0 aliphatic carbocycles. The molecule has 0 radical (unpaired) electrons. The lowest BCUT2D eigenvalue weighted by Gasteiger charge is -2.06. The number of carbonyl (C=O) groups excluding carboxylic acids is 2. The Morgan fingerprint density at radius 1 is 1.53 bits per heavy atom. The molecule has 0 aliphatic rings. The molecule has 1 aromatic rings. The van der Waals surface area contributed by atoms with Crippen LogP contribution in [0.15, 0.2) is 12.3 Å². The zero-order valence-electron chi connectivity index (χ0n) is 9.15. The van der Waals surface area contributed by atoms with Gasteiger partial charge in [0.05, 0.1) is 6.54 Å². The van der Waals surface area contributed by atoms with Crippen molar-refractivity contribution in [3.63, 3.8) is 0 Å². The first-order valence-electron chi connectivity index (χ1n) is 4.81. The van der Waals surface area contributed by atoms with Gasteiger partial charge in [-0.05, 0) is 6.07 Å². The van der Waals surface area contributed by atoms with Gasteiger partial charge in [0.15, 0.2) is 5.78 Å². The van der Waals surface area contributed by atoms with E-state index in [0.717, 1.165) is 0 Å². The molecule has 1 aromatic heterocycles. The van der Waals surface area contributed by atoms with Crippen LogP contribution in [-0.2, 0) is 11.8 Å². The number of aryl methyl sites for hydroxylation is 1. The van der Waals surface area contributed by atoms with Gasteiger partial charge in [-0.15, -0.1) is 0 Å². The molecule has 0 atom stereocenters. The van der Waals surface area contributed by atoms with Crippen LogP contribution >= 0.6 is 0 Å². The molecule has 0 aliphatic heterocycles. The molecule has 82 valence electrons. The summed E-state index contributed by atoms with van der Waals surface area (Å²) in [6.45, 7) is 3.68. The summed E-state index contributed by atoms with van der Waals surface area (Å²) in [6.07, 6.45) is 1.54. The maximum absolute atomic E-state index is 11.5. The Kier molecular flexibility index (Phi) is 3.60. The summed E-state index contributed by atoms with van der Waals surface area (Å²) in [5.41, 5.74) is 0.451. The number of hydrogen-bond acceptors (Lipinski definition) is 3. The molecule has 1 N–H and O–H groups in total. The number of Topliss-reactive ketones (excluding diaryl/α,β-unsaturated/α-hetero) is 1. The number of rotatable bonds is 4. The molecule has 0 spiro atoms. The topological polar surface area (TPSA) is 64.0 Å². The molecule has 1 amide bonds. The van der Waals surface area contributed by atoms with Gasteiger partial charge in [-0.1, -0.05) is 13.8 Å². The maximum atomic E-state index is 11.5. The van der Waals surface area contributed by atoms with Crippen LogP contribution in [0, 0.1) is 5.92 Å². The minimum atomic E-state index is -0.274. The Morgan fingerprint density at radius 2 is 2.20 bits per heavy atom. The van der Waals surface area contributed by atoms with Crippen molar-refractivity contribution in [1.82, 2.24) is 15.1 Å². The highest BCUT2D eigenvalue weighted by atomic mass is 16.2. The van der Waals surface area contributed by atoms with Crippen LogP contribution in [0.1, 0.15) is 24.3 Å². The summed E-state index contributed by atoms with van der Waals surface area (Å²) in [7, 11) is 1.68. The van der Waals surface area contributed by atoms with Gasteiger partial charge in [0.25, 0.3) is 5.91 Å². The molecule has 1 heterocycles. The predicted octanol–water partition coefficient (Wildman–Crippen LogP) is 0.375. The zero-order chi connectivity index (χ0) is 11.4.